The van der Waals surface area contributed by atoms with Crippen LogP contribution in [0.2, 0.25) is 0 Å². The predicted molar refractivity (Wildman–Crippen MR) is 56.4 cm³/mol. The Morgan fingerprint density at radius 2 is 1.77 bits per heavy atom. The fourth-order valence-electron chi connectivity index (χ4n) is 0.996. The number of halogens is 1. The molecule has 0 amide bonds. The minimum atomic E-state index is -0.195. The number of hydrogen-bond acceptors (Lipinski definition) is 3. The predicted octanol–water partition coefficient (Wildman–Crippen LogP) is 1.64. The second-order valence-corrected chi connectivity index (χ2v) is 3.19. The van der Waals surface area contributed by atoms with E-state index in [4.69, 9.17) is 25.3 Å². The molecule has 0 N–H and O–H groups in total. The van der Waals surface area contributed by atoms with E-state index in [0.29, 0.717) is 23.9 Å². The van der Waals surface area contributed by atoms with Crippen LogP contribution in [0, 0.1) is 5.82 Å². The summed E-state index contributed by atoms with van der Waals surface area (Å²) in [6, 6.07) is 6.67. The number of hydrogen-bond donors (Lipinski definition) is 0. The monoisotopic (exact) mass is 215 g/mol. The Morgan fingerprint density at radius 1 is 1.15 bits per heavy atom. The van der Waals surface area contributed by atoms with Crippen molar-refractivity contribution in [3.05, 3.63) is 35.6 Å². The lowest BCUT2D eigenvalue weighted by Gasteiger charge is -2.29. The molecule has 0 bridgehead atoms. The number of rotatable bonds is 4. The molecule has 0 fully saturated rings. The molecule has 0 heterocycles. The quantitative estimate of drug-likeness (QED) is 0.703. The van der Waals surface area contributed by atoms with Crippen molar-refractivity contribution in [1.29, 1.82) is 0 Å². The van der Waals surface area contributed by atoms with E-state index >= 15 is 0 Å². The molecule has 1 rings (SSSR count). The third kappa shape index (κ3) is 3.21. The highest BCUT2D eigenvalue weighted by Crippen LogP contribution is 2.08. The molecule has 1 aromatic rings. The molecular formula is C9H10FNS2-2. The van der Waals surface area contributed by atoms with Gasteiger partial charge in [-0.1, -0.05) is 18.2 Å². The molecule has 0 saturated carbocycles. The van der Waals surface area contributed by atoms with Crippen LogP contribution in [-0.2, 0) is 31.8 Å². The van der Waals surface area contributed by atoms with E-state index in [1.807, 2.05) is 11.0 Å². The van der Waals surface area contributed by atoms with Gasteiger partial charge < -0.3 is 30.2 Å². The van der Waals surface area contributed by atoms with Crippen molar-refractivity contribution < 1.29 is 4.39 Å². The topological polar surface area (TPSA) is 3.24 Å². The molecule has 0 aliphatic rings. The summed E-state index contributed by atoms with van der Waals surface area (Å²) in [6.07, 6.45) is 0. The van der Waals surface area contributed by atoms with Crippen molar-refractivity contribution in [3.63, 3.8) is 0 Å². The molecule has 0 unspecified atom stereocenters. The molecule has 4 heteroatoms. The summed E-state index contributed by atoms with van der Waals surface area (Å²) >= 11 is 9.70. The maximum absolute atomic E-state index is 13.1. The third-order valence-electron chi connectivity index (χ3n) is 1.72. The Hall–Kier alpha value is -0.190. The second-order valence-electron chi connectivity index (χ2n) is 2.68. The van der Waals surface area contributed by atoms with Crippen molar-refractivity contribution >= 4 is 25.3 Å². The van der Waals surface area contributed by atoms with Crippen LogP contribution in [0.5, 0.6) is 0 Å². The van der Waals surface area contributed by atoms with Crippen molar-refractivity contribution in [3.8, 4) is 0 Å². The van der Waals surface area contributed by atoms with Gasteiger partial charge in [0.2, 0.25) is 0 Å². The van der Waals surface area contributed by atoms with Crippen LogP contribution < -0.4 is 0 Å². The molecule has 0 spiro atoms. The summed E-state index contributed by atoms with van der Waals surface area (Å²) in [4.78, 5) is 1.82. The van der Waals surface area contributed by atoms with Gasteiger partial charge in [-0.05, 0) is 6.07 Å². The van der Waals surface area contributed by atoms with Crippen LogP contribution >= 0.6 is 0 Å². The van der Waals surface area contributed by atoms with Crippen LogP contribution in [0.15, 0.2) is 24.3 Å². The molecule has 0 aromatic heterocycles. The Labute approximate surface area is 88.8 Å². The van der Waals surface area contributed by atoms with Gasteiger partial charge in [-0.3, -0.25) is 0 Å². The molecule has 0 saturated heterocycles. The van der Waals surface area contributed by atoms with E-state index < -0.39 is 0 Å². The van der Waals surface area contributed by atoms with E-state index in [9.17, 15) is 4.39 Å². The van der Waals surface area contributed by atoms with Gasteiger partial charge in [-0.25, -0.2) is 4.39 Å². The van der Waals surface area contributed by atoms with Gasteiger partial charge in [0.15, 0.2) is 0 Å². The van der Waals surface area contributed by atoms with Gasteiger partial charge in [0, 0.05) is 12.1 Å². The van der Waals surface area contributed by atoms with Gasteiger partial charge in [0.05, 0.1) is 0 Å². The van der Waals surface area contributed by atoms with Crippen LogP contribution in [0.1, 0.15) is 5.56 Å². The highest BCUT2D eigenvalue weighted by atomic mass is 32.1. The maximum Gasteiger partial charge on any atom is 0.127 e. The SMILES string of the molecule is Fc1ccccc1CN(C[S-])C[S-]. The number of benzene rings is 1. The Morgan fingerprint density at radius 3 is 2.31 bits per heavy atom. The van der Waals surface area contributed by atoms with Crippen LogP contribution in [-0.4, -0.2) is 16.7 Å². The van der Waals surface area contributed by atoms with Gasteiger partial charge >= 0.3 is 0 Å². The Kier molecular flexibility index (Phi) is 4.62. The van der Waals surface area contributed by atoms with Crippen molar-refractivity contribution in [2.45, 2.75) is 6.54 Å². The summed E-state index contributed by atoms with van der Waals surface area (Å²) in [5.74, 6) is 0.690. The average molecular weight is 215 g/mol. The first kappa shape index (κ1) is 10.9. The zero-order valence-electron chi connectivity index (χ0n) is 7.07. The lowest BCUT2D eigenvalue weighted by Crippen LogP contribution is -2.23. The lowest BCUT2D eigenvalue weighted by molar-refractivity contribution is 0.364. The van der Waals surface area contributed by atoms with Gasteiger partial charge in [0.25, 0.3) is 0 Å². The second kappa shape index (κ2) is 5.52. The van der Waals surface area contributed by atoms with Gasteiger partial charge in [-0.2, -0.15) is 0 Å². The zero-order valence-corrected chi connectivity index (χ0v) is 8.71. The summed E-state index contributed by atoms with van der Waals surface area (Å²) in [5.41, 5.74) is 0.650. The molecular weight excluding hydrogens is 205 g/mol. The average Bonchev–Trinajstić information content (AvgIpc) is 2.17. The van der Waals surface area contributed by atoms with Crippen molar-refractivity contribution in [2.75, 3.05) is 11.8 Å². The fraction of sp³-hybridized carbons (Fsp3) is 0.333. The largest absolute Gasteiger partial charge is 0.777 e. The third-order valence-corrected chi connectivity index (χ3v) is 2.45. The first-order valence-electron chi connectivity index (χ1n) is 3.90. The smallest absolute Gasteiger partial charge is 0.127 e. The molecule has 0 atom stereocenters. The zero-order chi connectivity index (χ0) is 9.68. The minimum absolute atomic E-state index is 0.195. The molecule has 1 nitrogen and oxygen atoms in total. The molecule has 13 heavy (non-hydrogen) atoms. The highest BCUT2D eigenvalue weighted by molar-refractivity contribution is 7.59. The Bertz CT molecular complexity index is 264. The normalized spacial score (nSPS) is 10.8. The summed E-state index contributed by atoms with van der Waals surface area (Å²) < 4.78 is 13.1. The van der Waals surface area contributed by atoms with E-state index in [1.54, 1.807) is 12.1 Å². The van der Waals surface area contributed by atoms with E-state index in [0.717, 1.165) is 0 Å². The van der Waals surface area contributed by atoms with E-state index in [-0.39, 0.29) is 5.82 Å². The molecule has 0 aliphatic carbocycles. The Balaban J connectivity index is 2.67. The summed E-state index contributed by atoms with van der Waals surface area (Å²) in [5, 5.41) is 0. The van der Waals surface area contributed by atoms with Crippen LogP contribution in [0.3, 0.4) is 0 Å². The summed E-state index contributed by atoms with van der Waals surface area (Å²) in [6.45, 7) is 0.500. The van der Waals surface area contributed by atoms with Gasteiger partial charge in [0.1, 0.15) is 5.82 Å². The fourth-order valence-corrected chi connectivity index (χ4v) is 1.48. The molecule has 0 radical (unpaired) electrons. The standard InChI is InChI=1S/C9H12FNS2/c10-9-4-2-1-3-8(9)5-11(6-12)7-13/h1-4,12-13H,5-7H2/p-2. The van der Waals surface area contributed by atoms with Crippen molar-refractivity contribution in [1.82, 2.24) is 4.90 Å². The van der Waals surface area contributed by atoms with Gasteiger partial charge in [-0.15, -0.1) is 11.8 Å². The highest BCUT2D eigenvalue weighted by Gasteiger charge is 2.01. The summed E-state index contributed by atoms with van der Waals surface area (Å²) in [7, 11) is 0. The van der Waals surface area contributed by atoms with Crippen LogP contribution in [0.4, 0.5) is 4.39 Å². The maximum atomic E-state index is 13.1. The minimum Gasteiger partial charge on any atom is -0.777 e. The first-order chi connectivity index (χ1) is 6.27. The van der Waals surface area contributed by atoms with Crippen molar-refractivity contribution in [2.24, 2.45) is 0 Å². The van der Waals surface area contributed by atoms with Crippen LogP contribution in [0.25, 0.3) is 0 Å². The number of nitrogens with zero attached hydrogens (tertiary/aromatic N) is 1. The van der Waals surface area contributed by atoms with E-state index in [2.05, 4.69) is 0 Å². The van der Waals surface area contributed by atoms with E-state index in [1.165, 1.54) is 6.07 Å². The molecule has 0 aliphatic heterocycles. The molecule has 1 aromatic carbocycles. The first-order valence-corrected chi connectivity index (χ1v) is 5.05. The molecule has 72 valence electrons. The lowest BCUT2D eigenvalue weighted by atomic mass is 10.2.